The molecule has 0 fully saturated rings. The lowest BCUT2D eigenvalue weighted by molar-refractivity contribution is -0.384. The fourth-order valence-electron chi connectivity index (χ4n) is 1.62. The topological polar surface area (TPSA) is 98.3 Å². The Morgan fingerprint density at radius 1 is 1.29 bits per heavy atom. The molecule has 0 bridgehead atoms. The van der Waals surface area contributed by atoms with Crippen LogP contribution in [0, 0.1) is 15.9 Å². The maximum Gasteiger partial charge on any atom is 0.270 e. The largest absolute Gasteiger partial charge is 0.399 e. The van der Waals surface area contributed by atoms with Gasteiger partial charge in [0.2, 0.25) is 0 Å². The second-order valence-electron chi connectivity index (χ2n) is 4.11. The summed E-state index contributed by atoms with van der Waals surface area (Å²) < 4.78 is 14.0. The maximum absolute atomic E-state index is 13.6. The molecule has 0 aliphatic rings. The normalized spacial score (nSPS) is 10.2. The standard InChI is InChI=1S/C13H9BrFN3O3/c14-10-6-8(18(20)21)2-4-12(10)17-13(19)9-3-1-7(16)5-11(9)15/h1-6H,16H2,(H,17,19). The molecule has 0 spiro atoms. The average Bonchev–Trinajstić information content (AvgIpc) is 2.40. The monoisotopic (exact) mass is 353 g/mol. The molecule has 0 unspecified atom stereocenters. The Labute approximate surface area is 127 Å². The predicted molar refractivity (Wildman–Crippen MR) is 79.6 cm³/mol. The third kappa shape index (κ3) is 3.34. The molecule has 0 heterocycles. The number of halogens is 2. The lowest BCUT2D eigenvalue weighted by atomic mass is 10.1. The van der Waals surface area contributed by atoms with Crippen LogP contribution in [0.4, 0.5) is 21.5 Å². The van der Waals surface area contributed by atoms with Crippen molar-refractivity contribution in [2.45, 2.75) is 0 Å². The van der Waals surface area contributed by atoms with Gasteiger partial charge in [-0.15, -0.1) is 0 Å². The number of non-ortho nitro benzene ring substituents is 1. The highest BCUT2D eigenvalue weighted by molar-refractivity contribution is 9.10. The highest BCUT2D eigenvalue weighted by Gasteiger charge is 2.15. The van der Waals surface area contributed by atoms with Crippen molar-refractivity contribution in [3.63, 3.8) is 0 Å². The van der Waals surface area contributed by atoms with Crippen LogP contribution >= 0.6 is 15.9 Å². The first-order valence-electron chi connectivity index (χ1n) is 5.69. The zero-order chi connectivity index (χ0) is 15.6. The summed E-state index contributed by atoms with van der Waals surface area (Å²) in [7, 11) is 0. The van der Waals surface area contributed by atoms with Gasteiger partial charge in [0.05, 0.1) is 16.2 Å². The van der Waals surface area contributed by atoms with Crippen LogP contribution in [-0.2, 0) is 0 Å². The van der Waals surface area contributed by atoms with Gasteiger partial charge in [0, 0.05) is 22.3 Å². The first-order chi connectivity index (χ1) is 9.88. The number of hydrogen-bond donors (Lipinski definition) is 2. The van der Waals surface area contributed by atoms with Gasteiger partial charge in [-0.2, -0.15) is 0 Å². The van der Waals surface area contributed by atoms with Crippen LogP contribution in [0.2, 0.25) is 0 Å². The number of carbonyl (C=O) groups is 1. The molecule has 2 rings (SSSR count). The van der Waals surface area contributed by atoms with Gasteiger partial charge in [-0.25, -0.2) is 4.39 Å². The van der Waals surface area contributed by atoms with Crippen LogP contribution in [0.3, 0.4) is 0 Å². The van der Waals surface area contributed by atoms with E-state index in [9.17, 15) is 19.3 Å². The molecule has 0 aliphatic carbocycles. The van der Waals surface area contributed by atoms with Gasteiger partial charge in [0.1, 0.15) is 5.82 Å². The van der Waals surface area contributed by atoms with E-state index in [1.807, 2.05) is 0 Å². The average molecular weight is 354 g/mol. The van der Waals surface area contributed by atoms with Crippen LogP contribution < -0.4 is 11.1 Å². The smallest absolute Gasteiger partial charge is 0.270 e. The molecule has 0 aromatic heterocycles. The maximum atomic E-state index is 13.6. The van der Waals surface area contributed by atoms with Crippen LogP contribution in [0.1, 0.15) is 10.4 Å². The van der Waals surface area contributed by atoms with Gasteiger partial charge in [-0.05, 0) is 40.2 Å². The quantitative estimate of drug-likeness (QED) is 0.502. The number of carbonyl (C=O) groups excluding carboxylic acids is 1. The van der Waals surface area contributed by atoms with Crippen LogP contribution in [0.25, 0.3) is 0 Å². The molecule has 21 heavy (non-hydrogen) atoms. The zero-order valence-electron chi connectivity index (χ0n) is 10.5. The molecule has 2 aromatic rings. The molecule has 0 aliphatic heterocycles. The van der Waals surface area contributed by atoms with E-state index in [1.54, 1.807) is 0 Å². The number of amides is 1. The molecule has 0 radical (unpaired) electrons. The summed E-state index contributed by atoms with van der Waals surface area (Å²) in [5, 5.41) is 13.1. The van der Waals surface area contributed by atoms with Crippen LogP contribution in [0.5, 0.6) is 0 Å². The Morgan fingerprint density at radius 2 is 2.00 bits per heavy atom. The lowest BCUT2D eigenvalue weighted by Crippen LogP contribution is -2.14. The SMILES string of the molecule is Nc1ccc(C(=O)Nc2ccc([N+](=O)[O-])cc2Br)c(F)c1. The molecule has 108 valence electrons. The number of hydrogen-bond acceptors (Lipinski definition) is 4. The van der Waals surface area contributed by atoms with E-state index in [2.05, 4.69) is 21.2 Å². The number of nitrogens with zero attached hydrogens (tertiary/aromatic N) is 1. The Bertz CT molecular complexity index is 737. The number of nitrogen functional groups attached to an aromatic ring is 1. The van der Waals surface area contributed by atoms with E-state index < -0.39 is 16.6 Å². The zero-order valence-corrected chi connectivity index (χ0v) is 12.1. The van der Waals surface area contributed by atoms with Gasteiger partial charge in [-0.3, -0.25) is 14.9 Å². The molecule has 2 aromatic carbocycles. The van der Waals surface area contributed by atoms with Crippen molar-refractivity contribution in [3.8, 4) is 0 Å². The number of nitro groups is 1. The van der Waals surface area contributed by atoms with Crippen molar-refractivity contribution in [1.82, 2.24) is 0 Å². The second-order valence-corrected chi connectivity index (χ2v) is 4.97. The first-order valence-corrected chi connectivity index (χ1v) is 6.48. The minimum absolute atomic E-state index is 0.126. The Hall–Kier alpha value is -2.48. The van der Waals surface area contributed by atoms with Crippen molar-refractivity contribution in [2.75, 3.05) is 11.1 Å². The second kappa shape index (κ2) is 5.88. The van der Waals surface area contributed by atoms with Gasteiger partial charge in [0.15, 0.2) is 0 Å². The van der Waals surface area contributed by atoms with Gasteiger partial charge >= 0.3 is 0 Å². The van der Waals surface area contributed by atoms with Crippen molar-refractivity contribution >= 4 is 38.9 Å². The van der Waals surface area contributed by atoms with E-state index in [0.29, 0.717) is 10.2 Å². The van der Waals surface area contributed by atoms with E-state index in [-0.39, 0.29) is 16.9 Å². The number of rotatable bonds is 3. The van der Waals surface area contributed by atoms with E-state index in [1.165, 1.54) is 30.3 Å². The first kappa shape index (κ1) is 14.9. The molecule has 8 heteroatoms. The molecule has 0 atom stereocenters. The molecular weight excluding hydrogens is 345 g/mol. The van der Waals surface area contributed by atoms with Gasteiger partial charge < -0.3 is 11.1 Å². The Kier molecular flexibility index (Phi) is 4.18. The Morgan fingerprint density at radius 3 is 2.57 bits per heavy atom. The summed E-state index contributed by atoms with van der Waals surface area (Å²) in [5.41, 5.74) is 5.61. The fraction of sp³-hybridized carbons (Fsp3) is 0. The van der Waals surface area contributed by atoms with Crippen molar-refractivity contribution < 1.29 is 14.1 Å². The minimum atomic E-state index is -0.745. The number of nitrogens with one attached hydrogen (secondary N) is 1. The highest BCUT2D eigenvalue weighted by Crippen LogP contribution is 2.27. The summed E-state index contributed by atoms with van der Waals surface area (Å²) in [6.07, 6.45) is 0. The predicted octanol–water partition coefficient (Wildman–Crippen LogP) is 3.33. The van der Waals surface area contributed by atoms with E-state index >= 15 is 0 Å². The number of anilines is 2. The third-order valence-electron chi connectivity index (χ3n) is 2.65. The summed E-state index contributed by atoms with van der Waals surface area (Å²) in [6, 6.07) is 7.55. The van der Waals surface area contributed by atoms with Crippen molar-refractivity contribution in [2.24, 2.45) is 0 Å². The third-order valence-corrected chi connectivity index (χ3v) is 3.31. The van der Waals surface area contributed by atoms with Crippen LogP contribution in [-0.4, -0.2) is 10.8 Å². The summed E-state index contributed by atoms with van der Waals surface area (Å²) >= 11 is 3.11. The number of nitro benzene ring substituents is 1. The molecule has 0 saturated carbocycles. The van der Waals surface area contributed by atoms with Gasteiger partial charge in [-0.1, -0.05) is 0 Å². The van der Waals surface area contributed by atoms with E-state index in [0.717, 1.165) is 6.07 Å². The molecule has 3 N–H and O–H groups in total. The van der Waals surface area contributed by atoms with Crippen LogP contribution in [0.15, 0.2) is 40.9 Å². The highest BCUT2D eigenvalue weighted by atomic mass is 79.9. The molecule has 6 nitrogen and oxygen atoms in total. The number of benzene rings is 2. The summed E-state index contributed by atoms with van der Waals surface area (Å²) in [5.74, 6) is -1.42. The summed E-state index contributed by atoms with van der Waals surface area (Å²) in [6.45, 7) is 0. The molecular formula is C13H9BrFN3O3. The fourth-order valence-corrected chi connectivity index (χ4v) is 2.09. The van der Waals surface area contributed by atoms with Crippen molar-refractivity contribution in [1.29, 1.82) is 0 Å². The van der Waals surface area contributed by atoms with Gasteiger partial charge in [0.25, 0.3) is 11.6 Å². The summed E-state index contributed by atoms with van der Waals surface area (Å²) in [4.78, 5) is 22.0. The van der Waals surface area contributed by atoms with E-state index in [4.69, 9.17) is 5.73 Å². The molecule has 1 amide bonds. The lowest BCUT2D eigenvalue weighted by Gasteiger charge is -2.08. The minimum Gasteiger partial charge on any atom is -0.399 e. The number of nitrogens with two attached hydrogens (primary N) is 1. The molecule has 0 saturated heterocycles. The van der Waals surface area contributed by atoms with Crippen molar-refractivity contribution in [3.05, 3.63) is 62.4 Å². The Balaban J connectivity index is 2.25.